The highest BCUT2D eigenvalue weighted by atomic mass is 32.2. The van der Waals surface area contributed by atoms with E-state index in [1.165, 1.54) is 12.8 Å². The first-order valence-corrected chi connectivity index (χ1v) is 12.0. The topological polar surface area (TPSA) is 78.7 Å². The minimum absolute atomic E-state index is 0.240. The number of hydrogen-bond donors (Lipinski definition) is 1. The molecular weight excluding hydrogens is 412 g/mol. The Bertz CT molecular complexity index is 1100. The molecule has 4 rings (SSSR count). The van der Waals surface area contributed by atoms with Crippen LogP contribution in [0.3, 0.4) is 0 Å². The lowest BCUT2D eigenvalue weighted by Crippen LogP contribution is -2.33. The summed E-state index contributed by atoms with van der Waals surface area (Å²) in [6.07, 6.45) is 4.07. The van der Waals surface area contributed by atoms with E-state index in [-0.39, 0.29) is 4.90 Å². The number of likely N-dealkylation sites (tertiary alicyclic amines) is 1. The van der Waals surface area contributed by atoms with Crippen molar-refractivity contribution in [3.05, 3.63) is 54.7 Å². The number of oxazole rings is 1. The average molecular weight is 441 g/mol. The molecule has 0 bridgehead atoms. The summed E-state index contributed by atoms with van der Waals surface area (Å²) in [5.74, 6) is 1.12. The van der Waals surface area contributed by atoms with Crippen LogP contribution in [-0.2, 0) is 10.0 Å². The van der Waals surface area contributed by atoms with Gasteiger partial charge in [-0.15, -0.1) is 0 Å². The molecule has 0 aliphatic carbocycles. The van der Waals surface area contributed by atoms with Gasteiger partial charge in [0, 0.05) is 44.0 Å². The van der Waals surface area contributed by atoms with Crippen LogP contribution in [0.2, 0.25) is 0 Å². The Morgan fingerprint density at radius 3 is 2.29 bits per heavy atom. The molecule has 0 saturated carbocycles. The van der Waals surface area contributed by atoms with Gasteiger partial charge in [0.25, 0.3) is 0 Å². The Kier molecular flexibility index (Phi) is 6.41. The van der Waals surface area contributed by atoms with Gasteiger partial charge in [0.2, 0.25) is 15.9 Å². The zero-order valence-corrected chi connectivity index (χ0v) is 18.7. The van der Waals surface area contributed by atoms with E-state index in [0.717, 1.165) is 36.4 Å². The first kappa shape index (κ1) is 21.5. The van der Waals surface area contributed by atoms with Crippen molar-refractivity contribution >= 4 is 15.7 Å². The fourth-order valence-electron chi connectivity index (χ4n) is 3.67. The molecule has 8 heteroatoms. The summed E-state index contributed by atoms with van der Waals surface area (Å²) in [7, 11) is 0.458. The molecule has 0 atom stereocenters. The molecule has 7 nitrogen and oxygen atoms in total. The van der Waals surface area contributed by atoms with Crippen LogP contribution in [0.4, 0.5) is 5.69 Å². The molecule has 3 aromatic rings. The Balaban J connectivity index is 1.42. The second kappa shape index (κ2) is 9.21. The van der Waals surface area contributed by atoms with Gasteiger partial charge in [-0.1, -0.05) is 0 Å². The van der Waals surface area contributed by atoms with Crippen LogP contribution < -0.4 is 9.62 Å². The van der Waals surface area contributed by atoms with Crippen molar-refractivity contribution in [2.75, 3.05) is 45.2 Å². The number of anilines is 1. The van der Waals surface area contributed by atoms with Crippen molar-refractivity contribution in [2.24, 2.45) is 0 Å². The van der Waals surface area contributed by atoms with Crippen LogP contribution in [0, 0.1) is 0 Å². The molecule has 0 spiro atoms. The second-order valence-corrected chi connectivity index (χ2v) is 9.71. The van der Waals surface area contributed by atoms with Gasteiger partial charge in [-0.05, 0) is 74.5 Å². The first-order chi connectivity index (χ1) is 14.9. The lowest BCUT2D eigenvalue weighted by molar-refractivity contribution is 0.344. The largest absolute Gasteiger partial charge is 0.436 e. The molecule has 31 heavy (non-hydrogen) atoms. The van der Waals surface area contributed by atoms with E-state index >= 15 is 0 Å². The van der Waals surface area contributed by atoms with E-state index in [9.17, 15) is 8.42 Å². The molecule has 1 aliphatic heterocycles. The van der Waals surface area contributed by atoms with E-state index in [4.69, 9.17) is 4.42 Å². The number of aromatic nitrogens is 1. The monoisotopic (exact) mass is 440 g/mol. The summed E-state index contributed by atoms with van der Waals surface area (Å²) < 4.78 is 33.7. The van der Waals surface area contributed by atoms with Crippen molar-refractivity contribution in [1.82, 2.24) is 14.6 Å². The number of nitrogens with zero attached hydrogens (tertiary/aromatic N) is 3. The molecule has 1 aromatic heterocycles. The normalized spacial score (nSPS) is 14.8. The van der Waals surface area contributed by atoms with E-state index in [0.29, 0.717) is 18.2 Å². The predicted octanol–water partition coefficient (Wildman–Crippen LogP) is 3.45. The van der Waals surface area contributed by atoms with Gasteiger partial charge in [0.05, 0.1) is 11.1 Å². The fourth-order valence-corrected chi connectivity index (χ4v) is 4.69. The third kappa shape index (κ3) is 5.15. The minimum Gasteiger partial charge on any atom is -0.436 e. The quantitative estimate of drug-likeness (QED) is 0.578. The summed E-state index contributed by atoms with van der Waals surface area (Å²) in [5, 5.41) is 0. The molecule has 2 heterocycles. The highest BCUT2D eigenvalue weighted by Gasteiger charge is 2.17. The van der Waals surface area contributed by atoms with Gasteiger partial charge < -0.3 is 14.2 Å². The number of rotatable bonds is 8. The third-order valence-electron chi connectivity index (χ3n) is 5.50. The highest BCUT2D eigenvalue weighted by molar-refractivity contribution is 7.89. The Morgan fingerprint density at radius 2 is 1.65 bits per heavy atom. The summed E-state index contributed by atoms with van der Waals surface area (Å²) in [5.41, 5.74) is 2.77. The van der Waals surface area contributed by atoms with Gasteiger partial charge in [-0.2, -0.15) is 0 Å². The number of sulfonamides is 1. The van der Waals surface area contributed by atoms with Crippen molar-refractivity contribution in [3.8, 4) is 22.8 Å². The zero-order chi connectivity index (χ0) is 21.8. The molecule has 164 valence electrons. The lowest BCUT2D eigenvalue weighted by atomic mass is 10.1. The molecule has 0 amide bonds. The van der Waals surface area contributed by atoms with Crippen LogP contribution in [-0.4, -0.2) is 58.6 Å². The number of hydrogen-bond acceptors (Lipinski definition) is 6. The standard InChI is InChI=1S/C23H28N4O3S/c1-26(2)20-9-5-18(6-10-20)22-17-24-23(30-22)19-7-11-21(12-8-19)31(28,29)25-13-16-27-14-3-4-15-27/h5-12,17,25H,3-4,13-16H2,1-2H3. The van der Waals surface area contributed by atoms with Crippen molar-refractivity contribution in [2.45, 2.75) is 17.7 Å². The molecular formula is C23H28N4O3S. The van der Waals surface area contributed by atoms with Gasteiger partial charge >= 0.3 is 0 Å². The molecule has 1 fully saturated rings. The Morgan fingerprint density at radius 1 is 1.00 bits per heavy atom. The highest BCUT2D eigenvalue weighted by Crippen LogP contribution is 2.28. The smallest absolute Gasteiger partial charge is 0.240 e. The molecule has 0 radical (unpaired) electrons. The fraction of sp³-hybridized carbons (Fsp3) is 0.348. The first-order valence-electron chi connectivity index (χ1n) is 10.5. The second-order valence-electron chi connectivity index (χ2n) is 7.94. The van der Waals surface area contributed by atoms with Crippen molar-refractivity contribution in [1.29, 1.82) is 0 Å². The van der Waals surface area contributed by atoms with Crippen molar-refractivity contribution < 1.29 is 12.8 Å². The minimum atomic E-state index is -3.53. The summed E-state index contributed by atoms with van der Waals surface area (Å²) >= 11 is 0. The van der Waals surface area contributed by atoms with Crippen LogP contribution in [0.25, 0.3) is 22.8 Å². The van der Waals surface area contributed by atoms with Gasteiger partial charge in [0.15, 0.2) is 5.76 Å². The third-order valence-corrected chi connectivity index (χ3v) is 6.98. The van der Waals surface area contributed by atoms with Crippen LogP contribution >= 0.6 is 0 Å². The Hall–Kier alpha value is -2.68. The van der Waals surface area contributed by atoms with Crippen LogP contribution in [0.5, 0.6) is 0 Å². The predicted molar refractivity (Wildman–Crippen MR) is 123 cm³/mol. The molecule has 0 unspecified atom stereocenters. The number of benzene rings is 2. The maximum atomic E-state index is 12.5. The molecule has 1 saturated heterocycles. The van der Waals surface area contributed by atoms with Crippen LogP contribution in [0.15, 0.2) is 64.0 Å². The maximum Gasteiger partial charge on any atom is 0.240 e. The van der Waals surface area contributed by atoms with E-state index in [1.54, 1.807) is 30.5 Å². The van der Waals surface area contributed by atoms with E-state index in [1.807, 2.05) is 43.3 Å². The summed E-state index contributed by atoms with van der Waals surface area (Å²) in [4.78, 5) is 8.91. The van der Waals surface area contributed by atoms with Gasteiger partial charge in [0.1, 0.15) is 0 Å². The van der Waals surface area contributed by atoms with Crippen LogP contribution in [0.1, 0.15) is 12.8 Å². The average Bonchev–Trinajstić information content (AvgIpc) is 3.46. The van der Waals surface area contributed by atoms with E-state index < -0.39 is 10.0 Å². The molecule has 1 N–H and O–H groups in total. The summed E-state index contributed by atoms with van der Waals surface area (Å²) in [6.45, 7) is 3.26. The van der Waals surface area contributed by atoms with Gasteiger partial charge in [-0.25, -0.2) is 18.1 Å². The summed E-state index contributed by atoms with van der Waals surface area (Å²) in [6, 6.07) is 14.6. The molecule has 1 aliphatic rings. The maximum absolute atomic E-state index is 12.5. The SMILES string of the molecule is CN(C)c1ccc(-c2cnc(-c3ccc(S(=O)(=O)NCCN4CCCC4)cc3)o2)cc1. The molecule has 2 aromatic carbocycles. The van der Waals surface area contributed by atoms with Crippen molar-refractivity contribution in [3.63, 3.8) is 0 Å². The lowest BCUT2D eigenvalue weighted by Gasteiger charge is -2.14. The van der Waals surface area contributed by atoms with Gasteiger partial charge in [-0.3, -0.25) is 0 Å². The zero-order valence-electron chi connectivity index (χ0n) is 17.9. The number of nitrogens with one attached hydrogen (secondary N) is 1. The Labute approximate surface area is 183 Å². The van der Waals surface area contributed by atoms with E-state index in [2.05, 4.69) is 14.6 Å².